The molecule has 1 aromatic heterocycles. The van der Waals surface area contributed by atoms with Crippen molar-refractivity contribution in [2.45, 2.75) is 18.5 Å². The molecule has 0 spiro atoms. The minimum atomic E-state index is -0.401. The van der Waals surface area contributed by atoms with Gasteiger partial charge in [0.15, 0.2) is 0 Å². The second-order valence-electron chi connectivity index (χ2n) is 6.06. The van der Waals surface area contributed by atoms with Crippen LogP contribution in [0.25, 0.3) is 0 Å². The second-order valence-corrected chi connectivity index (χ2v) is 6.06. The van der Waals surface area contributed by atoms with Crippen LogP contribution in [-0.2, 0) is 0 Å². The lowest BCUT2D eigenvalue weighted by Gasteiger charge is -2.49. The van der Waals surface area contributed by atoms with Gasteiger partial charge in [0.1, 0.15) is 0 Å². The van der Waals surface area contributed by atoms with Crippen molar-refractivity contribution in [3.05, 3.63) is 52.8 Å². The molecular formula is C16H17N5O2. The lowest BCUT2D eigenvalue weighted by molar-refractivity contribution is -0.384. The highest BCUT2D eigenvalue weighted by molar-refractivity contribution is 5.64. The summed E-state index contributed by atoms with van der Waals surface area (Å²) in [6, 6.07) is 9.64. The molecule has 23 heavy (non-hydrogen) atoms. The predicted molar refractivity (Wildman–Crippen MR) is 88.2 cm³/mol. The number of nitrogens with zero attached hydrogens (tertiary/aromatic N) is 3. The molecule has 0 saturated carbocycles. The Morgan fingerprint density at radius 1 is 1.17 bits per heavy atom. The smallest absolute Gasteiger partial charge is 0.269 e. The molecular weight excluding hydrogens is 294 g/mol. The summed E-state index contributed by atoms with van der Waals surface area (Å²) in [5, 5.41) is 17.4. The fourth-order valence-corrected chi connectivity index (χ4v) is 3.23. The van der Waals surface area contributed by atoms with Crippen LogP contribution in [0.3, 0.4) is 0 Å². The number of hydrogen-bond donors (Lipinski definition) is 2. The fraction of sp³-hybridized carbons (Fsp3) is 0.312. The molecule has 3 aliphatic heterocycles. The second kappa shape index (κ2) is 5.51. The van der Waals surface area contributed by atoms with Gasteiger partial charge in [-0.3, -0.25) is 15.1 Å². The van der Waals surface area contributed by atoms with E-state index in [-0.39, 0.29) is 5.69 Å². The van der Waals surface area contributed by atoms with Crippen molar-refractivity contribution in [2.24, 2.45) is 0 Å². The van der Waals surface area contributed by atoms with Gasteiger partial charge in [-0.05, 0) is 24.6 Å². The van der Waals surface area contributed by atoms with Crippen LogP contribution in [0.1, 0.15) is 6.42 Å². The fourth-order valence-electron chi connectivity index (χ4n) is 3.23. The number of anilines is 3. The summed E-state index contributed by atoms with van der Waals surface area (Å²) in [5.41, 5.74) is 2.87. The van der Waals surface area contributed by atoms with Gasteiger partial charge in [-0.2, -0.15) is 0 Å². The number of rotatable bonds is 4. The molecule has 1 aromatic carbocycles. The van der Waals surface area contributed by atoms with Crippen LogP contribution in [-0.4, -0.2) is 35.1 Å². The van der Waals surface area contributed by atoms with E-state index < -0.39 is 4.92 Å². The Balaban J connectivity index is 1.48. The van der Waals surface area contributed by atoms with Crippen molar-refractivity contribution < 1.29 is 4.92 Å². The maximum atomic E-state index is 10.7. The highest BCUT2D eigenvalue weighted by Crippen LogP contribution is 2.28. The maximum absolute atomic E-state index is 10.7. The number of benzene rings is 1. The molecule has 3 fully saturated rings. The highest BCUT2D eigenvalue weighted by atomic mass is 16.6. The van der Waals surface area contributed by atoms with Crippen molar-refractivity contribution in [3.63, 3.8) is 0 Å². The number of hydrogen-bond acceptors (Lipinski definition) is 6. The summed E-state index contributed by atoms with van der Waals surface area (Å²) >= 11 is 0. The van der Waals surface area contributed by atoms with E-state index in [1.54, 1.807) is 18.3 Å². The zero-order chi connectivity index (χ0) is 15.8. The van der Waals surface area contributed by atoms with Crippen LogP contribution in [0, 0.1) is 10.1 Å². The topological polar surface area (TPSA) is 83.3 Å². The lowest BCUT2D eigenvalue weighted by atomic mass is 9.91. The van der Waals surface area contributed by atoms with Gasteiger partial charge in [0.2, 0.25) is 0 Å². The zero-order valence-corrected chi connectivity index (χ0v) is 12.5. The molecule has 2 bridgehead atoms. The molecule has 118 valence electrons. The van der Waals surface area contributed by atoms with Crippen LogP contribution in [0.4, 0.5) is 22.7 Å². The molecule has 4 heterocycles. The zero-order valence-electron chi connectivity index (χ0n) is 12.5. The number of nitro benzene ring substituents is 1. The summed E-state index contributed by atoms with van der Waals surface area (Å²) in [6.07, 6.45) is 4.91. The predicted octanol–water partition coefficient (Wildman–Crippen LogP) is 2.28. The minimum absolute atomic E-state index is 0.0856. The monoisotopic (exact) mass is 311 g/mol. The van der Waals surface area contributed by atoms with E-state index >= 15 is 0 Å². The molecule has 7 heteroatoms. The number of fused-ring (bicyclic) bond motifs is 2. The van der Waals surface area contributed by atoms with Crippen LogP contribution in [0.5, 0.6) is 0 Å². The van der Waals surface area contributed by atoms with Crippen molar-refractivity contribution in [2.75, 3.05) is 23.3 Å². The first kappa shape index (κ1) is 14.0. The average molecular weight is 311 g/mol. The molecule has 3 saturated heterocycles. The number of piperidine rings is 1. The molecule has 2 N–H and O–H groups in total. The summed E-state index contributed by atoms with van der Waals surface area (Å²) < 4.78 is 0. The minimum Gasteiger partial charge on any atom is -0.367 e. The average Bonchev–Trinajstić information content (AvgIpc) is 2.55. The maximum Gasteiger partial charge on any atom is 0.269 e. The first-order chi connectivity index (χ1) is 11.2. The summed E-state index contributed by atoms with van der Waals surface area (Å²) in [4.78, 5) is 16.9. The molecule has 3 aliphatic rings. The molecule has 7 nitrogen and oxygen atoms in total. The molecule has 5 rings (SSSR count). The Bertz CT molecular complexity index is 718. The van der Waals surface area contributed by atoms with Gasteiger partial charge in [-0.15, -0.1) is 0 Å². The van der Waals surface area contributed by atoms with Crippen LogP contribution in [0.15, 0.2) is 42.7 Å². The van der Waals surface area contributed by atoms with Crippen molar-refractivity contribution >= 4 is 22.7 Å². The Morgan fingerprint density at radius 2 is 1.87 bits per heavy atom. The van der Waals surface area contributed by atoms with Gasteiger partial charge in [-0.1, -0.05) is 0 Å². The Labute approximate surface area is 133 Å². The van der Waals surface area contributed by atoms with Crippen LogP contribution in [0.2, 0.25) is 0 Å². The molecule has 0 aliphatic carbocycles. The summed E-state index contributed by atoms with van der Waals surface area (Å²) in [7, 11) is 0. The third kappa shape index (κ3) is 2.83. The van der Waals surface area contributed by atoms with Gasteiger partial charge in [0.05, 0.1) is 28.7 Å². The van der Waals surface area contributed by atoms with E-state index in [2.05, 4.69) is 26.6 Å². The summed E-state index contributed by atoms with van der Waals surface area (Å²) in [5.74, 6) is 0. The number of aromatic nitrogens is 1. The number of non-ortho nitro benzene ring substituents is 1. The quantitative estimate of drug-likeness (QED) is 0.666. The van der Waals surface area contributed by atoms with E-state index in [1.807, 2.05) is 6.20 Å². The van der Waals surface area contributed by atoms with E-state index in [0.29, 0.717) is 12.1 Å². The van der Waals surface area contributed by atoms with Gasteiger partial charge in [0.25, 0.3) is 5.69 Å². The SMILES string of the molecule is O=[N+]([O-])c1ccc(Nc2cncc(N3CC4CC(C3)N4)c2)cc1. The molecule has 2 unspecified atom stereocenters. The first-order valence-corrected chi connectivity index (χ1v) is 7.65. The van der Waals surface area contributed by atoms with E-state index in [4.69, 9.17) is 0 Å². The van der Waals surface area contributed by atoms with Gasteiger partial charge >= 0.3 is 0 Å². The third-order valence-electron chi connectivity index (χ3n) is 4.38. The Hall–Kier alpha value is -2.67. The van der Waals surface area contributed by atoms with Gasteiger partial charge in [-0.25, -0.2) is 0 Å². The van der Waals surface area contributed by atoms with E-state index in [9.17, 15) is 10.1 Å². The molecule has 2 atom stereocenters. The van der Waals surface area contributed by atoms with Gasteiger partial charge < -0.3 is 15.5 Å². The molecule has 2 aromatic rings. The van der Waals surface area contributed by atoms with Crippen molar-refractivity contribution in [1.82, 2.24) is 10.3 Å². The normalized spacial score (nSPS) is 22.3. The number of piperazine rings is 1. The molecule has 0 amide bonds. The van der Waals surface area contributed by atoms with Crippen LogP contribution >= 0.6 is 0 Å². The van der Waals surface area contributed by atoms with E-state index in [1.165, 1.54) is 18.6 Å². The number of nitrogens with one attached hydrogen (secondary N) is 2. The van der Waals surface area contributed by atoms with Crippen LogP contribution < -0.4 is 15.5 Å². The summed E-state index contributed by atoms with van der Waals surface area (Å²) in [6.45, 7) is 2.03. The third-order valence-corrected chi connectivity index (χ3v) is 4.38. The Morgan fingerprint density at radius 3 is 2.52 bits per heavy atom. The standard InChI is InChI=1S/C16H17N5O2/c22-21(23)15-3-1-11(2-4-15)18-12-6-16(8-17-7-12)20-9-13-5-14(10-20)19-13/h1-4,6-8,13-14,18-19H,5,9-10H2. The van der Waals surface area contributed by atoms with E-state index in [0.717, 1.165) is 30.2 Å². The largest absolute Gasteiger partial charge is 0.367 e. The Kier molecular flexibility index (Phi) is 3.34. The number of pyridine rings is 1. The first-order valence-electron chi connectivity index (χ1n) is 7.65. The van der Waals surface area contributed by atoms with Gasteiger partial charge in [0, 0.05) is 43.0 Å². The lowest BCUT2D eigenvalue weighted by Crippen LogP contribution is -2.67. The van der Waals surface area contributed by atoms with Crippen molar-refractivity contribution in [3.8, 4) is 0 Å². The highest BCUT2D eigenvalue weighted by Gasteiger charge is 2.36. The number of nitro groups is 1. The van der Waals surface area contributed by atoms with Crippen molar-refractivity contribution in [1.29, 1.82) is 0 Å². The molecule has 0 radical (unpaired) electrons.